The number of amides is 2. The van der Waals surface area contributed by atoms with Gasteiger partial charge in [-0.3, -0.25) is 10.6 Å². The van der Waals surface area contributed by atoms with Crippen molar-refractivity contribution in [3.8, 4) is 0 Å². The van der Waals surface area contributed by atoms with Gasteiger partial charge in [-0.2, -0.15) is 0 Å². The molecule has 0 fully saturated rings. The van der Waals surface area contributed by atoms with E-state index in [0.29, 0.717) is 0 Å². The summed E-state index contributed by atoms with van der Waals surface area (Å²) in [5.74, 6) is 0.391. The standard InChI is InChI=1S/C20H18N4O4/c25-19(27-13-15-7-3-1-4-8-15)23-17-11-22-18(12-21-17)24-20(26)28-14-16-9-5-2-6-10-16/h1-12H,13-14H2,(H,21,23,25)(H,22,24,26). The third-order valence-corrected chi connectivity index (χ3v) is 3.54. The molecule has 0 saturated heterocycles. The normalized spacial score (nSPS) is 10.0. The summed E-state index contributed by atoms with van der Waals surface area (Å²) in [6, 6.07) is 18.6. The Labute approximate surface area is 161 Å². The Bertz CT molecular complexity index is 826. The summed E-state index contributed by atoms with van der Waals surface area (Å²) in [6.45, 7) is 0.292. The number of anilines is 2. The van der Waals surface area contributed by atoms with Gasteiger partial charge in [0.2, 0.25) is 0 Å². The maximum absolute atomic E-state index is 11.8. The molecule has 3 aromatic rings. The summed E-state index contributed by atoms with van der Waals surface area (Å²) >= 11 is 0. The Morgan fingerprint density at radius 1 is 0.679 bits per heavy atom. The van der Waals surface area contributed by atoms with Crippen LogP contribution in [0.4, 0.5) is 21.2 Å². The van der Waals surface area contributed by atoms with E-state index in [2.05, 4.69) is 20.6 Å². The summed E-state index contributed by atoms with van der Waals surface area (Å²) in [6.07, 6.45) is 1.30. The van der Waals surface area contributed by atoms with Crippen molar-refractivity contribution in [2.24, 2.45) is 0 Å². The van der Waals surface area contributed by atoms with Gasteiger partial charge >= 0.3 is 12.2 Å². The molecule has 2 N–H and O–H groups in total. The summed E-state index contributed by atoms with van der Waals surface area (Å²) in [5, 5.41) is 4.92. The summed E-state index contributed by atoms with van der Waals surface area (Å²) < 4.78 is 10.2. The van der Waals surface area contributed by atoms with E-state index in [4.69, 9.17) is 9.47 Å². The van der Waals surface area contributed by atoms with Gasteiger partial charge in [-0.25, -0.2) is 19.6 Å². The SMILES string of the molecule is O=C(Nc1cnc(NC(=O)OCc2ccccc2)cn1)OCc1ccccc1. The molecule has 0 atom stereocenters. The molecule has 1 heterocycles. The molecule has 3 rings (SSSR count). The van der Waals surface area contributed by atoms with Crippen molar-refractivity contribution in [2.45, 2.75) is 13.2 Å². The van der Waals surface area contributed by atoms with Crippen LogP contribution in [0.1, 0.15) is 11.1 Å². The van der Waals surface area contributed by atoms with Crippen molar-refractivity contribution in [3.63, 3.8) is 0 Å². The summed E-state index contributed by atoms with van der Waals surface area (Å²) in [4.78, 5) is 31.6. The minimum absolute atomic E-state index is 0.146. The van der Waals surface area contributed by atoms with Crippen LogP contribution in [0.3, 0.4) is 0 Å². The van der Waals surface area contributed by atoms with Crippen LogP contribution in [-0.4, -0.2) is 22.2 Å². The Hall–Kier alpha value is -3.94. The first-order chi connectivity index (χ1) is 13.7. The van der Waals surface area contributed by atoms with Gasteiger partial charge in [0.05, 0.1) is 12.4 Å². The maximum Gasteiger partial charge on any atom is 0.413 e. The monoisotopic (exact) mass is 378 g/mol. The van der Waals surface area contributed by atoms with Crippen molar-refractivity contribution in [1.29, 1.82) is 0 Å². The molecular formula is C20H18N4O4. The van der Waals surface area contributed by atoms with Crippen molar-refractivity contribution in [2.75, 3.05) is 10.6 Å². The van der Waals surface area contributed by atoms with Gasteiger partial charge < -0.3 is 9.47 Å². The quantitative estimate of drug-likeness (QED) is 0.673. The van der Waals surface area contributed by atoms with Crippen molar-refractivity contribution < 1.29 is 19.1 Å². The number of carbonyl (C=O) groups excluding carboxylic acids is 2. The van der Waals surface area contributed by atoms with E-state index >= 15 is 0 Å². The van der Waals surface area contributed by atoms with E-state index in [0.717, 1.165) is 11.1 Å². The van der Waals surface area contributed by atoms with Crippen LogP contribution in [0, 0.1) is 0 Å². The molecule has 0 bridgehead atoms. The van der Waals surface area contributed by atoms with Gasteiger partial charge in [-0.15, -0.1) is 0 Å². The summed E-state index contributed by atoms with van der Waals surface area (Å²) in [5.41, 5.74) is 1.74. The highest BCUT2D eigenvalue weighted by Crippen LogP contribution is 2.08. The molecule has 0 radical (unpaired) electrons. The van der Waals surface area contributed by atoms with Gasteiger partial charge in [0.1, 0.15) is 13.2 Å². The maximum atomic E-state index is 11.8. The zero-order valence-electron chi connectivity index (χ0n) is 14.9. The smallest absolute Gasteiger partial charge is 0.413 e. The minimum Gasteiger partial charge on any atom is -0.444 e. The molecule has 1 aromatic heterocycles. The average molecular weight is 378 g/mol. The zero-order valence-corrected chi connectivity index (χ0v) is 14.9. The van der Waals surface area contributed by atoms with Crippen LogP contribution in [0.25, 0.3) is 0 Å². The molecular weight excluding hydrogens is 360 g/mol. The molecule has 28 heavy (non-hydrogen) atoms. The van der Waals surface area contributed by atoms with Gasteiger partial charge in [-0.05, 0) is 11.1 Å². The van der Waals surface area contributed by atoms with Crippen LogP contribution in [-0.2, 0) is 22.7 Å². The highest BCUT2D eigenvalue weighted by molar-refractivity contribution is 5.84. The highest BCUT2D eigenvalue weighted by Gasteiger charge is 2.08. The second kappa shape index (κ2) is 9.67. The zero-order chi connectivity index (χ0) is 19.6. The van der Waals surface area contributed by atoms with Crippen molar-refractivity contribution in [3.05, 3.63) is 84.2 Å². The molecule has 0 aliphatic heterocycles. The fraction of sp³-hybridized carbons (Fsp3) is 0.100. The Balaban J connectivity index is 1.42. The molecule has 2 amide bonds. The Morgan fingerprint density at radius 2 is 1.07 bits per heavy atom. The van der Waals surface area contributed by atoms with Crippen molar-refractivity contribution in [1.82, 2.24) is 9.97 Å². The Morgan fingerprint density at radius 3 is 1.43 bits per heavy atom. The lowest BCUT2D eigenvalue weighted by atomic mass is 10.2. The first kappa shape index (κ1) is 18.8. The number of ether oxygens (including phenoxy) is 2. The predicted octanol–water partition coefficient (Wildman–Crippen LogP) is 3.97. The number of hydrogen-bond acceptors (Lipinski definition) is 6. The third kappa shape index (κ3) is 6.10. The molecule has 8 heteroatoms. The fourth-order valence-corrected chi connectivity index (χ4v) is 2.18. The fourth-order valence-electron chi connectivity index (χ4n) is 2.18. The van der Waals surface area contributed by atoms with Crippen LogP contribution in [0.5, 0.6) is 0 Å². The minimum atomic E-state index is -0.652. The number of nitrogens with zero attached hydrogens (tertiary/aromatic N) is 2. The molecule has 142 valence electrons. The van der Waals surface area contributed by atoms with E-state index in [1.807, 2.05) is 60.7 Å². The average Bonchev–Trinajstić information content (AvgIpc) is 2.74. The van der Waals surface area contributed by atoms with Gasteiger partial charge in [0, 0.05) is 0 Å². The number of nitrogens with one attached hydrogen (secondary N) is 2. The lowest BCUT2D eigenvalue weighted by molar-refractivity contribution is 0.154. The molecule has 2 aromatic carbocycles. The Kier molecular flexibility index (Phi) is 6.51. The molecule has 0 spiro atoms. The van der Waals surface area contributed by atoms with Crippen LogP contribution >= 0.6 is 0 Å². The molecule has 0 aliphatic carbocycles. The van der Waals surface area contributed by atoms with E-state index in [-0.39, 0.29) is 24.8 Å². The van der Waals surface area contributed by atoms with E-state index in [1.165, 1.54) is 12.4 Å². The van der Waals surface area contributed by atoms with Crippen LogP contribution in [0.2, 0.25) is 0 Å². The third-order valence-electron chi connectivity index (χ3n) is 3.54. The lowest BCUT2D eigenvalue weighted by Crippen LogP contribution is -2.16. The number of carbonyl (C=O) groups is 2. The number of benzene rings is 2. The second-order valence-electron chi connectivity index (χ2n) is 5.66. The molecule has 0 aliphatic rings. The largest absolute Gasteiger partial charge is 0.444 e. The van der Waals surface area contributed by atoms with Crippen LogP contribution in [0.15, 0.2) is 73.1 Å². The van der Waals surface area contributed by atoms with E-state index in [9.17, 15) is 9.59 Å². The number of rotatable bonds is 6. The van der Waals surface area contributed by atoms with Gasteiger partial charge in [0.25, 0.3) is 0 Å². The van der Waals surface area contributed by atoms with Gasteiger partial charge in [-0.1, -0.05) is 60.7 Å². The van der Waals surface area contributed by atoms with E-state index in [1.54, 1.807) is 0 Å². The molecule has 0 unspecified atom stereocenters. The highest BCUT2D eigenvalue weighted by atomic mass is 16.6. The van der Waals surface area contributed by atoms with Crippen molar-refractivity contribution >= 4 is 23.8 Å². The van der Waals surface area contributed by atoms with Gasteiger partial charge in [0.15, 0.2) is 11.6 Å². The predicted molar refractivity (Wildman–Crippen MR) is 103 cm³/mol. The molecule has 8 nitrogen and oxygen atoms in total. The van der Waals surface area contributed by atoms with Crippen LogP contribution < -0.4 is 10.6 Å². The first-order valence-electron chi connectivity index (χ1n) is 8.46. The lowest BCUT2D eigenvalue weighted by Gasteiger charge is -2.08. The van der Waals surface area contributed by atoms with E-state index < -0.39 is 12.2 Å². The topological polar surface area (TPSA) is 102 Å². The first-order valence-corrected chi connectivity index (χ1v) is 8.46. The second-order valence-corrected chi connectivity index (χ2v) is 5.66. The number of hydrogen-bond donors (Lipinski definition) is 2. The summed E-state index contributed by atoms with van der Waals surface area (Å²) in [7, 11) is 0. The number of aromatic nitrogens is 2. The molecule has 0 saturated carbocycles.